The lowest BCUT2D eigenvalue weighted by Gasteiger charge is -2.28. The number of nitrogens with zero attached hydrogens (tertiary/aromatic N) is 4. The molecule has 10 heteroatoms. The summed E-state index contributed by atoms with van der Waals surface area (Å²) < 4.78 is 13.5. The Kier molecular flexibility index (Phi) is 7.32. The lowest BCUT2D eigenvalue weighted by molar-refractivity contribution is 0.0145. The highest BCUT2D eigenvalue weighted by atomic mass is 127. The number of carbonyl (C=O) groups excluding carboxylic acids is 1. The smallest absolute Gasteiger partial charge is 0.410 e. The molecule has 0 aliphatic carbocycles. The minimum atomic E-state index is -0.562. The van der Waals surface area contributed by atoms with Crippen LogP contribution in [0.25, 0.3) is 11.9 Å². The molecule has 1 aliphatic rings. The third-order valence-corrected chi connectivity index (χ3v) is 5.13. The summed E-state index contributed by atoms with van der Waals surface area (Å²) in [5, 5.41) is 6.25. The van der Waals surface area contributed by atoms with E-state index < -0.39 is 5.60 Å². The van der Waals surface area contributed by atoms with Crippen molar-refractivity contribution >= 4 is 46.9 Å². The summed E-state index contributed by atoms with van der Waals surface area (Å²) in [5.74, 6) is 0.307. The van der Waals surface area contributed by atoms with Gasteiger partial charge in [0, 0.05) is 13.7 Å². The minimum absolute atomic E-state index is 0.0317. The monoisotopic (exact) mass is 504 g/mol. The Labute approximate surface area is 178 Å². The van der Waals surface area contributed by atoms with Crippen LogP contribution in [-0.4, -0.2) is 59.0 Å². The first-order valence-corrected chi connectivity index (χ1v) is 10.1. The van der Waals surface area contributed by atoms with Crippen molar-refractivity contribution in [2.75, 3.05) is 20.3 Å². The molecule has 0 unspecified atom stereocenters. The molecule has 1 amide bonds. The van der Waals surface area contributed by atoms with E-state index in [9.17, 15) is 4.79 Å². The first kappa shape index (κ1) is 22.5. The average Bonchev–Trinajstić information content (AvgIpc) is 3.14. The Morgan fingerprint density at radius 2 is 2.14 bits per heavy atom. The topological polar surface area (TPSA) is 121 Å². The molecule has 4 N–H and O–H groups in total. The number of methoxy groups -OCH3 is 1. The summed E-state index contributed by atoms with van der Waals surface area (Å²) in [6, 6.07) is -0.126. The number of ether oxygens (including phenoxy) is 2. The number of amides is 1. The number of aromatic nitrogens is 2. The SMILES string of the molecule is C\C=c1/c(=C(N)\N=C/N)c(I)nn1[C@H]1C[C@H](COC)N(C(=O)OC(C)(C)C)C1. The Morgan fingerprint density at radius 3 is 2.68 bits per heavy atom. The second kappa shape index (κ2) is 9.12. The Morgan fingerprint density at radius 1 is 1.46 bits per heavy atom. The van der Waals surface area contributed by atoms with Crippen molar-refractivity contribution in [3.05, 3.63) is 14.3 Å². The summed E-state index contributed by atoms with van der Waals surface area (Å²) in [4.78, 5) is 18.4. The van der Waals surface area contributed by atoms with E-state index in [0.29, 0.717) is 25.4 Å². The number of carbonyl (C=O) groups is 1. The largest absolute Gasteiger partial charge is 0.444 e. The molecule has 9 nitrogen and oxygen atoms in total. The number of likely N-dealkylation sites (tertiary alicyclic amines) is 1. The Hall–Kier alpha value is -1.82. The molecule has 1 aromatic rings. The molecule has 2 atom stereocenters. The summed E-state index contributed by atoms with van der Waals surface area (Å²) in [6.45, 7) is 8.38. The first-order chi connectivity index (χ1) is 13.1. The fourth-order valence-corrected chi connectivity index (χ4v) is 4.10. The van der Waals surface area contributed by atoms with Crippen LogP contribution in [-0.2, 0) is 9.47 Å². The highest BCUT2D eigenvalue weighted by molar-refractivity contribution is 14.1. The van der Waals surface area contributed by atoms with E-state index in [-0.39, 0.29) is 18.2 Å². The molecule has 2 rings (SSSR count). The van der Waals surface area contributed by atoms with E-state index >= 15 is 0 Å². The van der Waals surface area contributed by atoms with Gasteiger partial charge in [-0.05, 0) is 56.7 Å². The van der Waals surface area contributed by atoms with Gasteiger partial charge in [-0.25, -0.2) is 9.79 Å². The maximum atomic E-state index is 12.7. The van der Waals surface area contributed by atoms with Gasteiger partial charge in [-0.3, -0.25) is 4.68 Å². The van der Waals surface area contributed by atoms with Crippen LogP contribution < -0.4 is 22.0 Å². The number of hydrogen-bond acceptors (Lipinski definition) is 6. The van der Waals surface area contributed by atoms with Crippen LogP contribution >= 0.6 is 22.6 Å². The molecule has 156 valence electrons. The van der Waals surface area contributed by atoms with Crippen LogP contribution in [0, 0.1) is 3.70 Å². The van der Waals surface area contributed by atoms with Crippen molar-refractivity contribution in [1.82, 2.24) is 14.7 Å². The van der Waals surface area contributed by atoms with E-state index in [0.717, 1.165) is 20.6 Å². The van der Waals surface area contributed by atoms with E-state index in [4.69, 9.17) is 20.9 Å². The summed E-state index contributed by atoms with van der Waals surface area (Å²) >= 11 is 2.13. The van der Waals surface area contributed by atoms with Crippen molar-refractivity contribution in [2.24, 2.45) is 16.5 Å². The zero-order valence-electron chi connectivity index (χ0n) is 17.0. The molecule has 1 aliphatic heterocycles. The van der Waals surface area contributed by atoms with Crippen LogP contribution in [0.1, 0.15) is 40.2 Å². The summed E-state index contributed by atoms with van der Waals surface area (Å²) in [6.07, 6.45) is 3.45. The summed E-state index contributed by atoms with van der Waals surface area (Å²) in [7, 11) is 1.63. The van der Waals surface area contributed by atoms with Crippen molar-refractivity contribution in [3.63, 3.8) is 0 Å². The Bertz CT molecular complexity index is 858. The van der Waals surface area contributed by atoms with Gasteiger partial charge >= 0.3 is 6.09 Å². The molecule has 0 saturated carbocycles. The normalized spacial score (nSPS) is 22.2. The average molecular weight is 504 g/mol. The molecular weight excluding hydrogens is 475 g/mol. The van der Waals surface area contributed by atoms with Crippen molar-refractivity contribution in [2.45, 2.75) is 51.8 Å². The second-order valence-corrected chi connectivity index (χ2v) is 8.60. The third kappa shape index (κ3) is 4.96. The summed E-state index contributed by atoms with van der Waals surface area (Å²) in [5.41, 5.74) is 10.9. The highest BCUT2D eigenvalue weighted by Gasteiger charge is 2.39. The lowest BCUT2D eigenvalue weighted by atomic mass is 10.2. The van der Waals surface area contributed by atoms with Crippen LogP contribution in [0.3, 0.4) is 0 Å². The standard InChI is InChI=1S/C18H29IN6O3/c1-6-13-14(16(21)22-10-20)15(19)23-25(13)11-7-12(9-27-5)24(8-11)17(26)28-18(2,3)4/h6,10-12H,7-9,21H2,1-5H3,(H2,20,22)/b13-6+,16-14+/t11-,12+/m0/s1. The van der Waals surface area contributed by atoms with Gasteiger partial charge in [0.1, 0.15) is 15.1 Å². The maximum absolute atomic E-state index is 12.7. The molecular formula is C18H29IN6O3. The van der Waals surface area contributed by atoms with Crippen molar-refractivity contribution in [1.29, 1.82) is 0 Å². The van der Waals surface area contributed by atoms with Crippen LogP contribution in [0.4, 0.5) is 4.79 Å². The van der Waals surface area contributed by atoms with Gasteiger partial charge in [0.05, 0.1) is 35.6 Å². The van der Waals surface area contributed by atoms with Gasteiger partial charge in [0.15, 0.2) is 0 Å². The fourth-order valence-electron chi connectivity index (χ4n) is 3.32. The van der Waals surface area contributed by atoms with Gasteiger partial charge in [-0.2, -0.15) is 5.10 Å². The van der Waals surface area contributed by atoms with Gasteiger partial charge in [-0.15, -0.1) is 0 Å². The first-order valence-electron chi connectivity index (χ1n) is 9.05. The number of halogens is 1. The minimum Gasteiger partial charge on any atom is -0.444 e. The molecule has 0 aromatic carbocycles. The molecule has 0 radical (unpaired) electrons. The molecule has 1 fully saturated rings. The van der Waals surface area contributed by atoms with E-state index in [1.54, 1.807) is 12.0 Å². The van der Waals surface area contributed by atoms with E-state index in [2.05, 4.69) is 32.7 Å². The quantitative estimate of drug-likeness (QED) is 0.350. The molecule has 1 aromatic heterocycles. The van der Waals surface area contributed by atoms with Crippen molar-refractivity contribution < 1.29 is 14.3 Å². The van der Waals surface area contributed by atoms with Crippen LogP contribution in [0.2, 0.25) is 0 Å². The molecule has 28 heavy (non-hydrogen) atoms. The molecule has 2 heterocycles. The predicted octanol–water partition coefficient (Wildman–Crippen LogP) is 0.496. The molecule has 0 spiro atoms. The van der Waals surface area contributed by atoms with Gasteiger partial charge in [0.25, 0.3) is 0 Å². The molecule has 1 saturated heterocycles. The van der Waals surface area contributed by atoms with Crippen molar-refractivity contribution in [3.8, 4) is 0 Å². The number of rotatable bonds is 4. The van der Waals surface area contributed by atoms with Gasteiger partial charge in [0.2, 0.25) is 0 Å². The zero-order valence-corrected chi connectivity index (χ0v) is 19.1. The maximum Gasteiger partial charge on any atom is 0.410 e. The van der Waals surface area contributed by atoms with Gasteiger partial charge in [-0.1, -0.05) is 6.08 Å². The fraction of sp³-hybridized carbons (Fsp3) is 0.611. The molecule has 0 bridgehead atoms. The Balaban J connectivity index is 2.44. The predicted molar refractivity (Wildman–Crippen MR) is 117 cm³/mol. The highest BCUT2D eigenvalue weighted by Crippen LogP contribution is 2.28. The number of nitrogens with two attached hydrogens (primary N) is 2. The van der Waals surface area contributed by atoms with Crippen LogP contribution in [0.15, 0.2) is 4.99 Å². The lowest BCUT2D eigenvalue weighted by Crippen LogP contribution is -2.42. The third-order valence-electron chi connectivity index (χ3n) is 4.37. The second-order valence-electron chi connectivity index (χ2n) is 7.58. The number of aliphatic imine (C=N–C) groups is 1. The van der Waals surface area contributed by atoms with Gasteiger partial charge < -0.3 is 25.8 Å². The van der Waals surface area contributed by atoms with E-state index in [1.165, 1.54) is 0 Å². The van der Waals surface area contributed by atoms with E-state index in [1.807, 2.05) is 38.5 Å². The zero-order chi connectivity index (χ0) is 21.1. The number of hydrogen-bond donors (Lipinski definition) is 2. The van der Waals surface area contributed by atoms with Crippen LogP contribution in [0.5, 0.6) is 0 Å².